The van der Waals surface area contributed by atoms with E-state index in [4.69, 9.17) is 32.7 Å². The molecule has 1 heterocycles. The number of halogens is 2. The third kappa shape index (κ3) is 3.37. The number of hydrogen-bond acceptors (Lipinski definition) is 3. The zero-order chi connectivity index (χ0) is 13.0. The highest BCUT2D eigenvalue weighted by Crippen LogP contribution is 2.23. The Labute approximate surface area is 117 Å². The fraction of sp³-hybridized carbons (Fsp3) is 0.538. The Hall–Kier alpha value is -0.320. The lowest BCUT2D eigenvalue weighted by Gasteiger charge is -2.26. The van der Waals surface area contributed by atoms with Crippen molar-refractivity contribution in [3.63, 3.8) is 0 Å². The van der Waals surface area contributed by atoms with E-state index < -0.39 is 0 Å². The normalized spacial score (nSPS) is 23.5. The Kier molecular flexibility index (Phi) is 4.87. The summed E-state index contributed by atoms with van der Waals surface area (Å²) in [5.41, 5.74) is 0.922. The molecule has 1 aromatic rings. The van der Waals surface area contributed by atoms with Gasteiger partial charge in [0, 0.05) is 33.2 Å². The zero-order valence-corrected chi connectivity index (χ0v) is 11.9. The van der Waals surface area contributed by atoms with E-state index in [0.717, 1.165) is 31.7 Å². The summed E-state index contributed by atoms with van der Waals surface area (Å²) in [6.45, 7) is 2.92. The predicted octanol–water partition coefficient (Wildman–Crippen LogP) is 2.89. The van der Waals surface area contributed by atoms with Crippen molar-refractivity contribution >= 4 is 23.2 Å². The zero-order valence-electron chi connectivity index (χ0n) is 10.3. The summed E-state index contributed by atoms with van der Waals surface area (Å²) < 4.78 is 10.9. The summed E-state index contributed by atoms with van der Waals surface area (Å²) in [4.78, 5) is 0. The smallest absolute Gasteiger partial charge is 0.106 e. The van der Waals surface area contributed by atoms with Crippen LogP contribution >= 0.6 is 23.2 Å². The second-order valence-electron chi connectivity index (χ2n) is 4.54. The SMILES string of the molecule is COC1(CNCc2ccc(Cl)c(Cl)c2)CCOC1. The quantitative estimate of drug-likeness (QED) is 0.904. The van der Waals surface area contributed by atoms with Gasteiger partial charge in [0.05, 0.1) is 16.7 Å². The Morgan fingerprint density at radius 3 is 2.83 bits per heavy atom. The van der Waals surface area contributed by atoms with Crippen molar-refractivity contribution in [2.24, 2.45) is 0 Å². The van der Waals surface area contributed by atoms with Crippen LogP contribution in [-0.4, -0.2) is 32.5 Å². The van der Waals surface area contributed by atoms with Crippen molar-refractivity contribution in [2.45, 2.75) is 18.6 Å². The molecule has 1 atom stereocenters. The Morgan fingerprint density at radius 1 is 1.39 bits per heavy atom. The van der Waals surface area contributed by atoms with Crippen molar-refractivity contribution in [1.29, 1.82) is 0 Å². The molecule has 0 saturated carbocycles. The standard InChI is InChI=1S/C13H17Cl2NO2/c1-17-13(4-5-18-9-13)8-16-7-10-2-3-11(14)12(15)6-10/h2-3,6,16H,4-5,7-9H2,1H3. The molecule has 1 unspecified atom stereocenters. The number of methoxy groups -OCH3 is 1. The van der Waals surface area contributed by atoms with E-state index in [2.05, 4.69) is 5.32 Å². The molecule has 0 aliphatic carbocycles. The first kappa shape index (κ1) is 14.1. The molecule has 0 bridgehead atoms. The minimum Gasteiger partial charge on any atom is -0.378 e. The number of ether oxygens (including phenoxy) is 2. The molecule has 0 spiro atoms. The Morgan fingerprint density at radius 2 is 2.22 bits per heavy atom. The van der Waals surface area contributed by atoms with Gasteiger partial charge in [0.25, 0.3) is 0 Å². The van der Waals surface area contributed by atoms with Crippen LogP contribution in [-0.2, 0) is 16.0 Å². The lowest BCUT2D eigenvalue weighted by Crippen LogP contribution is -2.42. The van der Waals surface area contributed by atoms with Crippen LogP contribution < -0.4 is 5.32 Å². The fourth-order valence-electron chi connectivity index (χ4n) is 2.05. The molecule has 2 rings (SSSR count). The average Bonchev–Trinajstić information content (AvgIpc) is 2.83. The second-order valence-corrected chi connectivity index (χ2v) is 5.36. The summed E-state index contributed by atoms with van der Waals surface area (Å²) in [7, 11) is 1.73. The van der Waals surface area contributed by atoms with Crippen LogP contribution in [0.2, 0.25) is 10.0 Å². The molecule has 18 heavy (non-hydrogen) atoms. The average molecular weight is 290 g/mol. The molecule has 1 aliphatic rings. The molecule has 5 heteroatoms. The highest BCUT2D eigenvalue weighted by molar-refractivity contribution is 6.42. The van der Waals surface area contributed by atoms with Gasteiger partial charge in [0.2, 0.25) is 0 Å². The predicted molar refractivity (Wildman–Crippen MR) is 73.3 cm³/mol. The molecule has 1 saturated heterocycles. The van der Waals surface area contributed by atoms with Crippen molar-refractivity contribution in [3.05, 3.63) is 33.8 Å². The maximum absolute atomic E-state index is 5.97. The molecule has 1 N–H and O–H groups in total. The molecule has 0 amide bonds. The minimum atomic E-state index is -0.184. The second kappa shape index (κ2) is 6.22. The van der Waals surface area contributed by atoms with Crippen LogP contribution in [0.4, 0.5) is 0 Å². The molecular weight excluding hydrogens is 273 g/mol. The lowest BCUT2D eigenvalue weighted by atomic mass is 10.0. The van der Waals surface area contributed by atoms with Gasteiger partial charge in [0.1, 0.15) is 5.60 Å². The Balaban J connectivity index is 1.86. The first-order valence-corrected chi connectivity index (χ1v) is 6.68. The molecule has 1 aromatic carbocycles. The van der Waals surface area contributed by atoms with Crippen LogP contribution in [0, 0.1) is 0 Å². The first-order valence-electron chi connectivity index (χ1n) is 5.93. The number of nitrogens with one attached hydrogen (secondary N) is 1. The number of hydrogen-bond donors (Lipinski definition) is 1. The van der Waals surface area contributed by atoms with Crippen LogP contribution in [0.1, 0.15) is 12.0 Å². The van der Waals surface area contributed by atoms with Gasteiger partial charge in [0.15, 0.2) is 0 Å². The van der Waals surface area contributed by atoms with E-state index >= 15 is 0 Å². The highest BCUT2D eigenvalue weighted by atomic mass is 35.5. The molecule has 0 radical (unpaired) electrons. The molecule has 1 fully saturated rings. The molecular formula is C13H17Cl2NO2. The van der Waals surface area contributed by atoms with E-state index in [9.17, 15) is 0 Å². The lowest BCUT2D eigenvalue weighted by molar-refractivity contribution is -0.0159. The van der Waals surface area contributed by atoms with Gasteiger partial charge >= 0.3 is 0 Å². The third-order valence-electron chi connectivity index (χ3n) is 3.26. The molecule has 3 nitrogen and oxygen atoms in total. The maximum Gasteiger partial charge on any atom is 0.106 e. The summed E-state index contributed by atoms with van der Waals surface area (Å²) in [6.07, 6.45) is 0.928. The van der Waals surface area contributed by atoms with E-state index in [-0.39, 0.29) is 5.60 Å². The van der Waals surface area contributed by atoms with Crippen LogP contribution in [0.5, 0.6) is 0 Å². The third-order valence-corrected chi connectivity index (χ3v) is 4.00. The van der Waals surface area contributed by atoms with Crippen molar-refractivity contribution in [1.82, 2.24) is 5.32 Å². The topological polar surface area (TPSA) is 30.5 Å². The Bertz CT molecular complexity index is 406. The van der Waals surface area contributed by atoms with Crippen molar-refractivity contribution in [3.8, 4) is 0 Å². The van der Waals surface area contributed by atoms with Crippen LogP contribution in [0.3, 0.4) is 0 Å². The van der Waals surface area contributed by atoms with Gasteiger partial charge in [-0.15, -0.1) is 0 Å². The number of rotatable bonds is 5. The molecule has 0 aromatic heterocycles. The monoisotopic (exact) mass is 289 g/mol. The first-order chi connectivity index (χ1) is 8.65. The molecule has 100 valence electrons. The van der Waals surface area contributed by atoms with Crippen LogP contribution in [0.25, 0.3) is 0 Å². The van der Waals surface area contributed by atoms with Gasteiger partial charge < -0.3 is 14.8 Å². The summed E-state index contributed by atoms with van der Waals surface area (Å²) in [5.74, 6) is 0. The fourth-order valence-corrected chi connectivity index (χ4v) is 2.37. The van der Waals surface area contributed by atoms with Crippen molar-refractivity contribution < 1.29 is 9.47 Å². The van der Waals surface area contributed by atoms with Gasteiger partial charge in [-0.1, -0.05) is 29.3 Å². The van der Waals surface area contributed by atoms with E-state index in [0.29, 0.717) is 16.7 Å². The summed E-state index contributed by atoms with van der Waals surface area (Å²) >= 11 is 11.8. The highest BCUT2D eigenvalue weighted by Gasteiger charge is 2.34. The van der Waals surface area contributed by atoms with Gasteiger partial charge in [-0.3, -0.25) is 0 Å². The van der Waals surface area contributed by atoms with E-state index in [1.165, 1.54) is 0 Å². The minimum absolute atomic E-state index is 0.184. The maximum atomic E-state index is 5.97. The van der Waals surface area contributed by atoms with Crippen molar-refractivity contribution in [2.75, 3.05) is 26.9 Å². The number of benzene rings is 1. The van der Waals surface area contributed by atoms with Gasteiger partial charge in [-0.05, 0) is 17.7 Å². The van der Waals surface area contributed by atoms with Crippen LogP contribution in [0.15, 0.2) is 18.2 Å². The van der Waals surface area contributed by atoms with Gasteiger partial charge in [-0.25, -0.2) is 0 Å². The molecule has 1 aliphatic heterocycles. The van der Waals surface area contributed by atoms with E-state index in [1.807, 2.05) is 18.2 Å². The summed E-state index contributed by atoms with van der Waals surface area (Å²) in [5, 5.41) is 4.54. The summed E-state index contributed by atoms with van der Waals surface area (Å²) in [6, 6.07) is 5.65. The van der Waals surface area contributed by atoms with Gasteiger partial charge in [-0.2, -0.15) is 0 Å². The van der Waals surface area contributed by atoms with E-state index in [1.54, 1.807) is 7.11 Å². The largest absolute Gasteiger partial charge is 0.378 e.